The van der Waals surface area contributed by atoms with E-state index in [-0.39, 0.29) is 18.0 Å². The summed E-state index contributed by atoms with van der Waals surface area (Å²) in [7, 11) is 0. The highest BCUT2D eigenvalue weighted by molar-refractivity contribution is 5.88. The summed E-state index contributed by atoms with van der Waals surface area (Å²) in [5, 5.41) is 11.7. The quantitative estimate of drug-likeness (QED) is 0.839. The Morgan fingerprint density at radius 1 is 1.38 bits per heavy atom. The molecule has 0 aliphatic carbocycles. The summed E-state index contributed by atoms with van der Waals surface area (Å²) in [5.74, 6) is 0.327. The molecule has 0 spiro atoms. The zero-order valence-electron chi connectivity index (χ0n) is 12.2. The number of hydrogen-bond donors (Lipinski definition) is 2. The predicted octanol–water partition coefficient (Wildman–Crippen LogP) is 2.11. The largest absolute Gasteiger partial charge is 0.478 e. The fourth-order valence-corrected chi connectivity index (χ4v) is 2.49. The predicted molar refractivity (Wildman–Crippen MR) is 75.0 cm³/mol. The SMILES string of the molecule is Cc1oc(CNC(=O)CCC2CCOCC2)cc1C(=O)O. The molecule has 1 amide bonds. The molecule has 1 aliphatic rings. The van der Waals surface area contributed by atoms with Crippen molar-refractivity contribution in [3.05, 3.63) is 23.2 Å². The second kappa shape index (κ2) is 7.26. The fourth-order valence-electron chi connectivity index (χ4n) is 2.49. The maximum Gasteiger partial charge on any atom is 0.339 e. The van der Waals surface area contributed by atoms with Crippen molar-refractivity contribution in [1.82, 2.24) is 5.32 Å². The molecule has 116 valence electrons. The van der Waals surface area contributed by atoms with E-state index in [1.807, 2.05) is 0 Å². The molecule has 0 unspecified atom stereocenters. The Morgan fingerprint density at radius 3 is 2.71 bits per heavy atom. The topological polar surface area (TPSA) is 88.8 Å². The average molecular weight is 295 g/mol. The van der Waals surface area contributed by atoms with Crippen LogP contribution in [0.25, 0.3) is 0 Å². The van der Waals surface area contributed by atoms with Crippen LogP contribution in [0.4, 0.5) is 0 Å². The maximum atomic E-state index is 11.8. The van der Waals surface area contributed by atoms with E-state index in [0.29, 0.717) is 23.9 Å². The lowest BCUT2D eigenvalue weighted by Crippen LogP contribution is -2.24. The van der Waals surface area contributed by atoms with Crippen LogP contribution in [0, 0.1) is 12.8 Å². The number of amides is 1. The number of rotatable bonds is 6. The van der Waals surface area contributed by atoms with Gasteiger partial charge in [-0.05, 0) is 38.2 Å². The van der Waals surface area contributed by atoms with Gasteiger partial charge in [-0.1, -0.05) is 0 Å². The van der Waals surface area contributed by atoms with Crippen molar-refractivity contribution in [3.8, 4) is 0 Å². The Kier molecular flexibility index (Phi) is 5.38. The summed E-state index contributed by atoms with van der Waals surface area (Å²) in [6, 6.07) is 1.45. The van der Waals surface area contributed by atoms with Gasteiger partial charge in [-0.15, -0.1) is 0 Å². The summed E-state index contributed by atoms with van der Waals surface area (Å²) in [4.78, 5) is 22.7. The standard InChI is InChI=1S/C15H21NO5/c1-10-13(15(18)19)8-12(21-10)9-16-14(17)3-2-11-4-6-20-7-5-11/h8,11H,2-7,9H2,1H3,(H,16,17)(H,18,19). The lowest BCUT2D eigenvalue weighted by atomic mass is 9.95. The minimum Gasteiger partial charge on any atom is -0.478 e. The Balaban J connectivity index is 1.73. The molecule has 1 fully saturated rings. The Morgan fingerprint density at radius 2 is 2.10 bits per heavy atom. The first-order chi connectivity index (χ1) is 10.1. The highest BCUT2D eigenvalue weighted by Gasteiger charge is 2.16. The number of ether oxygens (including phenoxy) is 1. The van der Waals surface area contributed by atoms with Crippen molar-refractivity contribution < 1.29 is 23.8 Å². The summed E-state index contributed by atoms with van der Waals surface area (Å²) in [5.41, 5.74) is 0.140. The normalized spacial score (nSPS) is 15.9. The monoisotopic (exact) mass is 295 g/mol. The van der Waals surface area contributed by atoms with Gasteiger partial charge in [0.2, 0.25) is 5.91 Å². The average Bonchev–Trinajstić information content (AvgIpc) is 2.85. The minimum absolute atomic E-state index is 0.0348. The van der Waals surface area contributed by atoms with E-state index in [1.165, 1.54) is 6.07 Å². The van der Waals surface area contributed by atoms with Crippen molar-refractivity contribution >= 4 is 11.9 Å². The first-order valence-corrected chi connectivity index (χ1v) is 7.23. The van der Waals surface area contributed by atoms with E-state index in [1.54, 1.807) is 6.92 Å². The summed E-state index contributed by atoms with van der Waals surface area (Å²) in [6.45, 7) is 3.40. The van der Waals surface area contributed by atoms with Crippen LogP contribution in [0.3, 0.4) is 0 Å². The van der Waals surface area contributed by atoms with Crippen LogP contribution < -0.4 is 5.32 Å². The van der Waals surface area contributed by atoms with E-state index in [0.717, 1.165) is 32.5 Å². The van der Waals surface area contributed by atoms with Gasteiger partial charge in [0.1, 0.15) is 17.1 Å². The van der Waals surface area contributed by atoms with Crippen LogP contribution in [-0.4, -0.2) is 30.2 Å². The Hall–Kier alpha value is -1.82. The van der Waals surface area contributed by atoms with Gasteiger partial charge in [0, 0.05) is 19.6 Å². The maximum absolute atomic E-state index is 11.8. The van der Waals surface area contributed by atoms with Crippen LogP contribution in [0.15, 0.2) is 10.5 Å². The van der Waals surface area contributed by atoms with E-state index >= 15 is 0 Å². The number of carbonyl (C=O) groups is 2. The van der Waals surface area contributed by atoms with Crippen molar-refractivity contribution in [3.63, 3.8) is 0 Å². The second-order valence-electron chi connectivity index (χ2n) is 5.36. The molecular weight excluding hydrogens is 274 g/mol. The Bertz CT molecular complexity index is 502. The summed E-state index contributed by atoms with van der Waals surface area (Å²) >= 11 is 0. The van der Waals surface area contributed by atoms with Gasteiger partial charge in [0.25, 0.3) is 0 Å². The molecule has 21 heavy (non-hydrogen) atoms. The summed E-state index contributed by atoms with van der Waals surface area (Å²) in [6.07, 6.45) is 3.39. The van der Waals surface area contributed by atoms with Crippen molar-refractivity contribution in [2.45, 2.75) is 39.2 Å². The van der Waals surface area contributed by atoms with E-state index < -0.39 is 5.97 Å². The molecule has 6 heteroatoms. The van der Waals surface area contributed by atoms with Crippen LogP contribution in [0.1, 0.15) is 47.6 Å². The molecular formula is C15H21NO5. The second-order valence-corrected chi connectivity index (χ2v) is 5.36. The highest BCUT2D eigenvalue weighted by atomic mass is 16.5. The van der Waals surface area contributed by atoms with Gasteiger partial charge >= 0.3 is 5.97 Å². The highest BCUT2D eigenvalue weighted by Crippen LogP contribution is 2.20. The first-order valence-electron chi connectivity index (χ1n) is 7.23. The van der Waals surface area contributed by atoms with Gasteiger partial charge < -0.3 is 19.6 Å². The van der Waals surface area contributed by atoms with E-state index in [9.17, 15) is 9.59 Å². The molecule has 1 aromatic heterocycles. The van der Waals surface area contributed by atoms with Crippen molar-refractivity contribution in [1.29, 1.82) is 0 Å². The number of furan rings is 1. The molecule has 1 saturated heterocycles. The zero-order valence-corrected chi connectivity index (χ0v) is 12.2. The summed E-state index contributed by atoms with van der Waals surface area (Å²) < 4.78 is 10.6. The molecule has 2 rings (SSSR count). The third-order valence-corrected chi connectivity index (χ3v) is 3.78. The van der Waals surface area contributed by atoms with Gasteiger partial charge in [0.05, 0.1) is 6.54 Å². The number of nitrogens with one attached hydrogen (secondary N) is 1. The molecule has 0 saturated carbocycles. The molecule has 1 aromatic rings. The number of carbonyl (C=O) groups excluding carboxylic acids is 1. The number of aryl methyl sites for hydroxylation is 1. The van der Waals surface area contributed by atoms with E-state index in [2.05, 4.69) is 5.32 Å². The van der Waals surface area contributed by atoms with Crippen LogP contribution in [0.5, 0.6) is 0 Å². The van der Waals surface area contributed by atoms with Gasteiger partial charge in [-0.2, -0.15) is 0 Å². The van der Waals surface area contributed by atoms with Gasteiger partial charge in [0.15, 0.2) is 0 Å². The minimum atomic E-state index is -1.02. The van der Waals surface area contributed by atoms with Crippen LogP contribution >= 0.6 is 0 Å². The van der Waals surface area contributed by atoms with Crippen molar-refractivity contribution in [2.75, 3.05) is 13.2 Å². The Labute approximate surface area is 123 Å². The molecule has 1 aliphatic heterocycles. The smallest absolute Gasteiger partial charge is 0.339 e. The molecule has 0 aromatic carbocycles. The number of aromatic carboxylic acids is 1. The molecule has 0 bridgehead atoms. The lowest BCUT2D eigenvalue weighted by molar-refractivity contribution is -0.121. The fraction of sp³-hybridized carbons (Fsp3) is 0.600. The molecule has 2 heterocycles. The van der Waals surface area contributed by atoms with Crippen LogP contribution in [0.2, 0.25) is 0 Å². The first kappa shape index (κ1) is 15.6. The molecule has 0 radical (unpaired) electrons. The van der Waals surface area contributed by atoms with Crippen molar-refractivity contribution in [2.24, 2.45) is 5.92 Å². The zero-order chi connectivity index (χ0) is 15.2. The van der Waals surface area contributed by atoms with Crippen LogP contribution in [-0.2, 0) is 16.1 Å². The number of hydrogen-bond acceptors (Lipinski definition) is 4. The molecule has 0 atom stereocenters. The van der Waals surface area contributed by atoms with Gasteiger partial charge in [-0.25, -0.2) is 4.79 Å². The molecule has 2 N–H and O–H groups in total. The number of carboxylic acid groups (broad SMARTS) is 1. The van der Waals surface area contributed by atoms with E-state index in [4.69, 9.17) is 14.3 Å². The third-order valence-electron chi connectivity index (χ3n) is 3.78. The third kappa shape index (κ3) is 4.60. The molecule has 6 nitrogen and oxygen atoms in total. The number of carboxylic acids is 1. The van der Waals surface area contributed by atoms with Gasteiger partial charge in [-0.3, -0.25) is 4.79 Å². The lowest BCUT2D eigenvalue weighted by Gasteiger charge is -2.21.